The minimum atomic E-state index is -0.0111. The maximum atomic E-state index is 12.8. The van der Waals surface area contributed by atoms with E-state index in [0.717, 1.165) is 53.9 Å². The molecular weight excluding hydrogens is 362 g/mol. The molecule has 2 aliphatic heterocycles. The summed E-state index contributed by atoms with van der Waals surface area (Å²) in [6.45, 7) is 2.88. The molecule has 1 unspecified atom stereocenters. The summed E-state index contributed by atoms with van der Waals surface area (Å²) in [5.74, 6) is 0.0336. The quantitative estimate of drug-likeness (QED) is 0.820. The third kappa shape index (κ3) is 3.94. The van der Waals surface area contributed by atoms with Gasteiger partial charge in [-0.15, -0.1) is 0 Å². The molecule has 2 aromatic carbocycles. The second kappa shape index (κ2) is 7.95. The van der Waals surface area contributed by atoms with Crippen molar-refractivity contribution in [2.75, 3.05) is 25.5 Å². The van der Waals surface area contributed by atoms with E-state index in [2.05, 4.69) is 22.5 Å². The van der Waals surface area contributed by atoms with Crippen LogP contribution >= 0.6 is 0 Å². The van der Waals surface area contributed by atoms with Crippen LogP contribution < -0.4 is 5.32 Å². The van der Waals surface area contributed by atoms with E-state index >= 15 is 0 Å². The van der Waals surface area contributed by atoms with E-state index in [1.54, 1.807) is 11.0 Å². The van der Waals surface area contributed by atoms with Crippen LogP contribution in [-0.2, 0) is 17.9 Å². The summed E-state index contributed by atoms with van der Waals surface area (Å²) in [4.78, 5) is 16.7. The molecule has 0 aliphatic carbocycles. The Bertz CT molecular complexity index is 1030. The van der Waals surface area contributed by atoms with E-state index in [1.165, 1.54) is 0 Å². The maximum absolute atomic E-state index is 12.8. The summed E-state index contributed by atoms with van der Waals surface area (Å²) in [6, 6.07) is 13.6. The molecule has 0 aromatic heterocycles. The van der Waals surface area contributed by atoms with Crippen LogP contribution in [-0.4, -0.2) is 35.8 Å². The zero-order valence-corrected chi connectivity index (χ0v) is 16.5. The van der Waals surface area contributed by atoms with Crippen molar-refractivity contribution in [3.63, 3.8) is 0 Å². The molecule has 2 heterocycles. The molecule has 4 rings (SSSR count). The number of nitriles is 2. The van der Waals surface area contributed by atoms with Gasteiger partial charge in [0, 0.05) is 12.2 Å². The van der Waals surface area contributed by atoms with Crippen LogP contribution in [0.2, 0.25) is 0 Å². The first-order valence-corrected chi connectivity index (χ1v) is 9.88. The number of piperidine rings is 1. The van der Waals surface area contributed by atoms with Crippen LogP contribution in [0.5, 0.6) is 0 Å². The molecule has 1 amide bonds. The smallest absolute Gasteiger partial charge is 0.228 e. The fourth-order valence-electron chi connectivity index (χ4n) is 4.29. The van der Waals surface area contributed by atoms with Crippen LogP contribution in [0.15, 0.2) is 36.4 Å². The predicted octanol–water partition coefficient (Wildman–Crippen LogP) is 3.30. The first-order chi connectivity index (χ1) is 14.1. The number of rotatable bonds is 3. The standard InChI is InChI=1S/C23H23N5O/c1-27-7-3-6-18(12-27)23(29)26-20-9-19-13-28(15-25)14-22(19)21(10-20)17-5-2-4-16(8-17)11-24/h2,4-5,8-10,18H,3,6-7,12-14H2,1H3,(H,26,29). The molecule has 146 valence electrons. The van der Waals surface area contributed by atoms with Crippen molar-refractivity contribution in [3.05, 3.63) is 53.1 Å². The van der Waals surface area contributed by atoms with E-state index in [-0.39, 0.29) is 11.8 Å². The normalized spacial score (nSPS) is 18.6. The van der Waals surface area contributed by atoms with Gasteiger partial charge in [-0.2, -0.15) is 10.5 Å². The molecule has 6 nitrogen and oxygen atoms in total. The number of likely N-dealkylation sites (tertiary alicyclic amines) is 1. The lowest BCUT2D eigenvalue weighted by Gasteiger charge is -2.28. The largest absolute Gasteiger partial charge is 0.326 e. The second-order valence-corrected chi connectivity index (χ2v) is 7.90. The van der Waals surface area contributed by atoms with Crippen molar-refractivity contribution in [2.45, 2.75) is 25.9 Å². The van der Waals surface area contributed by atoms with Gasteiger partial charge in [-0.25, -0.2) is 0 Å². The van der Waals surface area contributed by atoms with Gasteiger partial charge in [0.1, 0.15) is 0 Å². The molecule has 2 aromatic rings. The lowest BCUT2D eigenvalue weighted by atomic mass is 9.94. The molecule has 1 fully saturated rings. The summed E-state index contributed by atoms with van der Waals surface area (Å²) >= 11 is 0. The third-order valence-corrected chi connectivity index (χ3v) is 5.76. The lowest BCUT2D eigenvalue weighted by molar-refractivity contribution is -0.121. The predicted molar refractivity (Wildman–Crippen MR) is 110 cm³/mol. The lowest BCUT2D eigenvalue weighted by Crippen LogP contribution is -2.38. The SMILES string of the molecule is CN1CCCC(C(=O)Nc2cc3c(c(-c4cccc(C#N)c4)c2)CN(C#N)C3)C1. The maximum Gasteiger partial charge on any atom is 0.228 e. The van der Waals surface area contributed by atoms with E-state index in [9.17, 15) is 15.3 Å². The molecule has 2 aliphatic rings. The molecule has 0 saturated carbocycles. The Morgan fingerprint density at radius 2 is 2.07 bits per heavy atom. The van der Waals surface area contributed by atoms with Gasteiger partial charge in [-0.3, -0.25) is 4.79 Å². The summed E-state index contributed by atoms with van der Waals surface area (Å²) in [7, 11) is 2.05. The average Bonchev–Trinajstić information content (AvgIpc) is 3.16. The number of fused-ring (bicyclic) bond motifs is 1. The number of hydrogen-bond acceptors (Lipinski definition) is 5. The number of nitrogens with one attached hydrogen (secondary N) is 1. The minimum Gasteiger partial charge on any atom is -0.326 e. The van der Waals surface area contributed by atoms with E-state index in [1.807, 2.05) is 37.4 Å². The number of benzene rings is 2. The van der Waals surface area contributed by atoms with Crippen molar-refractivity contribution < 1.29 is 4.79 Å². The van der Waals surface area contributed by atoms with Crippen molar-refractivity contribution in [2.24, 2.45) is 5.92 Å². The third-order valence-electron chi connectivity index (χ3n) is 5.76. The van der Waals surface area contributed by atoms with Crippen molar-refractivity contribution in [3.8, 4) is 23.4 Å². The van der Waals surface area contributed by atoms with Gasteiger partial charge in [-0.05, 0) is 73.0 Å². The zero-order valence-electron chi connectivity index (χ0n) is 16.5. The first-order valence-electron chi connectivity index (χ1n) is 9.88. The Hall–Kier alpha value is -3.35. The molecule has 6 heteroatoms. The Morgan fingerprint density at radius 3 is 2.83 bits per heavy atom. The number of amides is 1. The second-order valence-electron chi connectivity index (χ2n) is 7.90. The van der Waals surface area contributed by atoms with Gasteiger partial charge in [0.25, 0.3) is 0 Å². The Labute approximate surface area is 171 Å². The van der Waals surface area contributed by atoms with Crippen molar-refractivity contribution in [1.82, 2.24) is 9.80 Å². The van der Waals surface area contributed by atoms with Gasteiger partial charge in [-0.1, -0.05) is 12.1 Å². The van der Waals surface area contributed by atoms with Crippen LogP contribution in [0.4, 0.5) is 5.69 Å². The van der Waals surface area contributed by atoms with Crippen LogP contribution in [0, 0.1) is 28.7 Å². The number of carbonyl (C=O) groups excluding carboxylic acids is 1. The van der Waals surface area contributed by atoms with Gasteiger partial charge in [0.15, 0.2) is 6.19 Å². The Morgan fingerprint density at radius 1 is 1.21 bits per heavy atom. The summed E-state index contributed by atoms with van der Waals surface area (Å²) in [6.07, 6.45) is 4.15. The zero-order chi connectivity index (χ0) is 20.4. The highest BCUT2D eigenvalue weighted by atomic mass is 16.1. The fourth-order valence-corrected chi connectivity index (χ4v) is 4.29. The summed E-state index contributed by atoms with van der Waals surface area (Å²) < 4.78 is 0. The molecular formula is C23H23N5O. The first kappa shape index (κ1) is 19.0. The molecule has 0 spiro atoms. The van der Waals surface area contributed by atoms with Crippen LogP contribution in [0.25, 0.3) is 11.1 Å². The Balaban J connectivity index is 1.68. The van der Waals surface area contributed by atoms with E-state index < -0.39 is 0 Å². The highest BCUT2D eigenvalue weighted by Gasteiger charge is 2.26. The Kier molecular flexibility index (Phi) is 5.20. The summed E-state index contributed by atoms with van der Waals surface area (Å²) in [5.41, 5.74) is 5.35. The fraction of sp³-hybridized carbons (Fsp3) is 0.348. The topological polar surface area (TPSA) is 83.2 Å². The molecule has 1 N–H and O–H groups in total. The highest BCUT2D eigenvalue weighted by molar-refractivity contribution is 5.94. The van der Waals surface area contributed by atoms with Gasteiger partial charge < -0.3 is 15.1 Å². The molecule has 0 bridgehead atoms. The highest BCUT2D eigenvalue weighted by Crippen LogP contribution is 2.36. The number of nitrogens with zero attached hydrogens (tertiary/aromatic N) is 4. The number of anilines is 1. The van der Waals surface area contributed by atoms with E-state index in [4.69, 9.17) is 0 Å². The van der Waals surface area contributed by atoms with Crippen LogP contribution in [0.3, 0.4) is 0 Å². The van der Waals surface area contributed by atoms with Crippen molar-refractivity contribution >= 4 is 11.6 Å². The van der Waals surface area contributed by atoms with Crippen molar-refractivity contribution in [1.29, 1.82) is 10.5 Å². The molecule has 0 radical (unpaired) electrons. The monoisotopic (exact) mass is 385 g/mol. The van der Waals surface area contributed by atoms with E-state index in [0.29, 0.717) is 18.7 Å². The minimum absolute atomic E-state index is 0.0111. The van der Waals surface area contributed by atoms with Crippen LogP contribution in [0.1, 0.15) is 29.5 Å². The average molecular weight is 385 g/mol. The summed E-state index contributed by atoms with van der Waals surface area (Å²) in [5, 5.41) is 21.7. The number of hydrogen-bond donors (Lipinski definition) is 1. The van der Waals surface area contributed by atoms with Gasteiger partial charge in [0.05, 0.1) is 30.6 Å². The molecule has 29 heavy (non-hydrogen) atoms. The van der Waals surface area contributed by atoms with Gasteiger partial charge in [0.2, 0.25) is 5.91 Å². The molecule has 1 saturated heterocycles. The van der Waals surface area contributed by atoms with Gasteiger partial charge >= 0.3 is 0 Å². The number of carbonyl (C=O) groups is 1. The molecule has 1 atom stereocenters.